The molecule has 3 rings (SSSR count). The van der Waals surface area contributed by atoms with Crippen LogP contribution in [0.5, 0.6) is 5.75 Å². The first-order valence-electron chi connectivity index (χ1n) is 6.73. The van der Waals surface area contributed by atoms with Crippen LogP contribution in [0.2, 0.25) is 0 Å². The van der Waals surface area contributed by atoms with Crippen molar-refractivity contribution >= 4 is 5.78 Å². The Bertz CT molecular complexity index is 636. The van der Waals surface area contributed by atoms with Gasteiger partial charge in [0.2, 0.25) is 0 Å². The third-order valence-electron chi connectivity index (χ3n) is 3.61. The van der Waals surface area contributed by atoms with Crippen LogP contribution in [0.1, 0.15) is 23.5 Å². The van der Waals surface area contributed by atoms with Crippen LogP contribution >= 0.6 is 0 Å². The van der Waals surface area contributed by atoms with Gasteiger partial charge in [-0.1, -0.05) is 30.3 Å². The first-order valence-corrected chi connectivity index (χ1v) is 6.73. The number of fused-ring (bicyclic) bond motifs is 1. The smallest absolute Gasteiger partial charge is 0.144 e. The number of benzene rings is 2. The molecule has 1 unspecified atom stereocenters. The molecule has 2 aromatic carbocycles. The highest BCUT2D eigenvalue weighted by Crippen LogP contribution is 2.34. The molecule has 0 aliphatic carbocycles. The molecular weight excluding hydrogens is 255 g/mol. The Morgan fingerprint density at radius 1 is 1.20 bits per heavy atom. The number of ketones is 1. The van der Waals surface area contributed by atoms with E-state index in [1.165, 1.54) is 12.1 Å². The maximum atomic E-state index is 13.2. The van der Waals surface area contributed by atoms with E-state index in [0.29, 0.717) is 13.0 Å². The van der Waals surface area contributed by atoms with E-state index in [1.54, 1.807) is 12.1 Å². The molecule has 102 valence electrons. The van der Waals surface area contributed by atoms with Gasteiger partial charge in [0.05, 0.1) is 6.61 Å². The van der Waals surface area contributed by atoms with Gasteiger partial charge in [-0.05, 0) is 30.2 Å². The molecule has 0 saturated carbocycles. The molecule has 2 aromatic rings. The molecule has 0 fully saturated rings. The Morgan fingerprint density at radius 3 is 2.90 bits per heavy atom. The summed E-state index contributed by atoms with van der Waals surface area (Å²) in [7, 11) is 0. The molecule has 20 heavy (non-hydrogen) atoms. The van der Waals surface area contributed by atoms with Crippen LogP contribution in [0.4, 0.5) is 4.39 Å². The molecule has 0 aromatic heterocycles. The number of hydrogen-bond donors (Lipinski definition) is 0. The predicted molar refractivity (Wildman–Crippen MR) is 74.4 cm³/mol. The molecule has 1 atom stereocenters. The summed E-state index contributed by atoms with van der Waals surface area (Å²) < 4.78 is 18.7. The molecule has 1 heterocycles. The van der Waals surface area contributed by atoms with Crippen molar-refractivity contribution in [2.24, 2.45) is 0 Å². The van der Waals surface area contributed by atoms with Gasteiger partial charge in [-0.2, -0.15) is 0 Å². The summed E-state index contributed by atoms with van der Waals surface area (Å²) in [4.78, 5) is 12.5. The Labute approximate surface area is 117 Å². The third kappa shape index (κ3) is 2.57. The zero-order chi connectivity index (χ0) is 13.9. The van der Waals surface area contributed by atoms with Gasteiger partial charge in [-0.3, -0.25) is 4.79 Å². The average molecular weight is 270 g/mol. The molecule has 0 bridgehead atoms. The lowest BCUT2D eigenvalue weighted by molar-refractivity contribution is -0.120. The second-order valence-electron chi connectivity index (χ2n) is 5.00. The average Bonchev–Trinajstić information content (AvgIpc) is 2.46. The summed E-state index contributed by atoms with van der Waals surface area (Å²) >= 11 is 0. The highest BCUT2D eigenvalue weighted by Gasteiger charge is 2.27. The van der Waals surface area contributed by atoms with Crippen LogP contribution in [0, 0.1) is 5.82 Å². The van der Waals surface area contributed by atoms with E-state index in [1.807, 2.05) is 24.3 Å². The molecule has 0 radical (unpaired) electrons. The summed E-state index contributed by atoms with van der Waals surface area (Å²) in [5, 5.41) is 0. The fraction of sp³-hybridized carbons (Fsp3) is 0.235. The summed E-state index contributed by atoms with van der Waals surface area (Å²) in [5.41, 5.74) is 1.67. The lowest BCUT2D eigenvalue weighted by Gasteiger charge is -2.24. The zero-order valence-electron chi connectivity index (χ0n) is 11.0. The van der Waals surface area contributed by atoms with Gasteiger partial charge in [0, 0.05) is 17.9 Å². The minimum atomic E-state index is -0.303. The van der Waals surface area contributed by atoms with E-state index >= 15 is 0 Å². The number of hydrogen-bond acceptors (Lipinski definition) is 2. The highest BCUT2D eigenvalue weighted by atomic mass is 19.1. The van der Waals surface area contributed by atoms with Crippen molar-refractivity contribution in [3.63, 3.8) is 0 Å². The lowest BCUT2D eigenvalue weighted by atomic mass is 9.87. The molecule has 2 nitrogen and oxygen atoms in total. The van der Waals surface area contributed by atoms with Gasteiger partial charge in [0.25, 0.3) is 0 Å². The molecule has 3 heteroatoms. The normalized spacial score (nSPS) is 17.1. The van der Waals surface area contributed by atoms with Crippen molar-refractivity contribution in [2.45, 2.75) is 18.8 Å². The third-order valence-corrected chi connectivity index (χ3v) is 3.61. The summed E-state index contributed by atoms with van der Waals surface area (Å²) in [5.74, 6) is 0.452. The number of halogens is 1. The Kier molecular flexibility index (Phi) is 3.50. The predicted octanol–water partition coefficient (Wildman–Crippen LogP) is 3.50. The van der Waals surface area contributed by atoms with Crippen LogP contribution in [0.3, 0.4) is 0 Å². The van der Waals surface area contributed by atoms with Crippen molar-refractivity contribution in [1.82, 2.24) is 0 Å². The Balaban J connectivity index is 1.82. The fourth-order valence-corrected chi connectivity index (χ4v) is 2.65. The van der Waals surface area contributed by atoms with E-state index < -0.39 is 0 Å². The maximum Gasteiger partial charge on any atom is 0.144 e. The van der Waals surface area contributed by atoms with Gasteiger partial charge >= 0.3 is 0 Å². The number of rotatable bonds is 3. The van der Waals surface area contributed by atoms with Crippen molar-refractivity contribution in [3.8, 4) is 5.75 Å². The number of carbonyl (C=O) groups excluding carboxylic acids is 1. The molecule has 0 spiro atoms. The quantitative estimate of drug-likeness (QED) is 0.853. The Morgan fingerprint density at radius 2 is 2.05 bits per heavy atom. The van der Waals surface area contributed by atoms with Gasteiger partial charge in [0.15, 0.2) is 0 Å². The monoisotopic (exact) mass is 270 g/mol. The minimum Gasteiger partial charge on any atom is -0.493 e. The molecule has 1 aliphatic heterocycles. The zero-order valence-corrected chi connectivity index (χ0v) is 11.0. The summed E-state index contributed by atoms with van der Waals surface area (Å²) in [6.07, 6.45) is 0.946. The molecule has 0 amide bonds. The van der Waals surface area contributed by atoms with Gasteiger partial charge in [0.1, 0.15) is 17.3 Å². The number of carbonyl (C=O) groups is 1. The van der Waals surface area contributed by atoms with Gasteiger partial charge < -0.3 is 4.74 Å². The number of ether oxygens (including phenoxy) is 1. The van der Waals surface area contributed by atoms with Crippen LogP contribution < -0.4 is 4.74 Å². The second-order valence-corrected chi connectivity index (χ2v) is 5.00. The number of para-hydroxylation sites is 1. The molecule has 0 saturated heterocycles. The van der Waals surface area contributed by atoms with Crippen LogP contribution in [0.15, 0.2) is 48.5 Å². The van der Waals surface area contributed by atoms with Gasteiger partial charge in [-0.25, -0.2) is 4.39 Å². The van der Waals surface area contributed by atoms with E-state index in [2.05, 4.69) is 0 Å². The van der Waals surface area contributed by atoms with Crippen molar-refractivity contribution in [1.29, 1.82) is 0 Å². The van der Waals surface area contributed by atoms with Crippen LogP contribution in [-0.2, 0) is 11.2 Å². The highest BCUT2D eigenvalue weighted by molar-refractivity contribution is 5.88. The van der Waals surface area contributed by atoms with E-state index in [0.717, 1.165) is 16.9 Å². The first kappa shape index (κ1) is 12.9. The van der Waals surface area contributed by atoms with E-state index in [4.69, 9.17) is 4.74 Å². The second kappa shape index (κ2) is 5.45. The summed E-state index contributed by atoms with van der Waals surface area (Å²) in [6, 6.07) is 13.9. The minimum absolute atomic E-state index is 0.117. The fourth-order valence-electron chi connectivity index (χ4n) is 2.65. The Hall–Kier alpha value is -2.16. The van der Waals surface area contributed by atoms with E-state index in [-0.39, 0.29) is 23.9 Å². The van der Waals surface area contributed by atoms with Crippen LogP contribution in [-0.4, -0.2) is 12.4 Å². The van der Waals surface area contributed by atoms with Crippen molar-refractivity contribution in [3.05, 3.63) is 65.5 Å². The lowest BCUT2D eigenvalue weighted by Crippen LogP contribution is -2.22. The topological polar surface area (TPSA) is 26.3 Å². The maximum absolute atomic E-state index is 13.2. The molecule has 0 N–H and O–H groups in total. The van der Waals surface area contributed by atoms with Gasteiger partial charge in [-0.15, -0.1) is 0 Å². The molecular formula is C17H15FO2. The van der Waals surface area contributed by atoms with E-state index in [9.17, 15) is 9.18 Å². The number of Topliss-reactive ketones (excluding diaryl/α,β-unsaturated/α-hetero) is 1. The standard InChI is InChI=1S/C17H15FO2/c18-13-5-3-4-12(10-13)11-16(19)14-8-9-20-17-7-2-1-6-15(14)17/h1-7,10,14H,8-9,11H2. The summed E-state index contributed by atoms with van der Waals surface area (Å²) in [6.45, 7) is 0.552. The van der Waals surface area contributed by atoms with Crippen molar-refractivity contribution in [2.75, 3.05) is 6.61 Å². The first-order chi connectivity index (χ1) is 9.74. The molecule has 1 aliphatic rings. The van der Waals surface area contributed by atoms with Crippen LogP contribution in [0.25, 0.3) is 0 Å². The SMILES string of the molecule is O=C(Cc1cccc(F)c1)C1CCOc2ccccc21. The largest absolute Gasteiger partial charge is 0.493 e. The van der Waals surface area contributed by atoms with Crippen molar-refractivity contribution < 1.29 is 13.9 Å².